The zero-order chi connectivity index (χ0) is 25.1. The Bertz CT molecular complexity index is 1020. The molecule has 2 N–H and O–H groups in total. The molecule has 0 fully saturated rings. The number of carbonyl (C=O) groups excluding carboxylic acids is 2. The van der Waals surface area contributed by atoms with E-state index in [1.807, 2.05) is 0 Å². The lowest BCUT2D eigenvalue weighted by Crippen LogP contribution is -2.23. The van der Waals surface area contributed by atoms with E-state index in [1.54, 1.807) is 38.1 Å². The van der Waals surface area contributed by atoms with Gasteiger partial charge in [-0.3, -0.25) is 5.32 Å². The summed E-state index contributed by atoms with van der Waals surface area (Å²) in [4.78, 5) is 24.5. The first-order valence-electron chi connectivity index (χ1n) is 10.5. The van der Waals surface area contributed by atoms with E-state index in [4.69, 9.17) is 19.3 Å². The number of esters is 1. The third kappa shape index (κ3) is 8.00. The Labute approximate surface area is 196 Å². The van der Waals surface area contributed by atoms with Gasteiger partial charge in [0.05, 0.1) is 12.3 Å². The van der Waals surface area contributed by atoms with Crippen molar-refractivity contribution in [2.45, 2.75) is 20.0 Å². The van der Waals surface area contributed by atoms with E-state index in [0.717, 1.165) is 12.1 Å². The lowest BCUT2D eigenvalue weighted by atomic mass is 9.91. The number of anilines is 1. The van der Waals surface area contributed by atoms with Crippen molar-refractivity contribution >= 4 is 17.7 Å². The number of halogens is 2. The number of carbonyl (C=O) groups is 2. The Hall–Kier alpha value is -3.72. The van der Waals surface area contributed by atoms with Crippen molar-refractivity contribution in [3.05, 3.63) is 84.0 Å². The highest BCUT2D eigenvalue weighted by Gasteiger charge is 2.26. The van der Waals surface area contributed by atoms with Crippen molar-refractivity contribution in [3.8, 4) is 5.75 Å². The molecule has 0 aliphatic carbocycles. The smallest absolute Gasteiger partial charge is 0.412 e. The number of nitrogens with one attached hydrogen (secondary N) is 1. The van der Waals surface area contributed by atoms with Crippen LogP contribution < -0.4 is 10.1 Å². The topological polar surface area (TPSA) is 94.1 Å². The normalized spacial score (nSPS) is 12.9. The molecule has 0 radical (unpaired) electrons. The molecule has 1 amide bonds. The van der Waals surface area contributed by atoms with Crippen LogP contribution in [0.2, 0.25) is 0 Å². The van der Waals surface area contributed by atoms with E-state index in [-0.39, 0.29) is 25.5 Å². The van der Waals surface area contributed by atoms with Crippen LogP contribution >= 0.6 is 0 Å². The summed E-state index contributed by atoms with van der Waals surface area (Å²) in [7, 11) is 0. The molecule has 0 saturated carbocycles. The fourth-order valence-electron chi connectivity index (χ4n) is 2.96. The van der Waals surface area contributed by atoms with Gasteiger partial charge in [-0.15, -0.1) is 0 Å². The molecule has 0 aliphatic rings. The van der Waals surface area contributed by atoms with Crippen LogP contribution in [-0.2, 0) is 14.3 Å². The van der Waals surface area contributed by atoms with Crippen LogP contribution in [-0.4, -0.2) is 37.0 Å². The van der Waals surface area contributed by atoms with Gasteiger partial charge in [0.2, 0.25) is 0 Å². The zero-order valence-corrected chi connectivity index (χ0v) is 18.9. The average Bonchev–Trinajstić information content (AvgIpc) is 2.81. The van der Waals surface area contributed by atoms with Crippen molar-refractivity contribution in [2.24, 2.45) is 5.92 Å². The number of benzene rings is 2. The molecular formula is C25H27F2NO6. The van der Waals surface area contributed by atoms with Crippen LogP contribution in [0.4, 0.5) is 19.3 Å². The first-order chi connectivity index (χ1) is 16.2. The van der Waals surface area contributed by atoms with E-state index in [1.165, 1.54) is 12.2 Å². The van der Waals surface area contributed by atoms with Gasteiger partial charge in [-0.2, -0.15) is 0 Å². The third-order valence-electron chi connectivity index (χ3n) is 4.83. The molecule has 9 heteroatoms. The van der Waals surface area contributed by atoms with Crippen LogP contribution in [0.15, 0.2) is 66.8 Å². The van der Waals surface area contributed by atoms with Crippen LogP contribution in [0.3, 0.4) is 0 Å². The van der Waals surface area contributed by atoms with Gasteiger partial charge in [-0.05, 0) is 36.8 Å². The summed E-state index contributed by atoms with van der Waals surface area (Å²) in [5.41, 5.74) is 0.900. The first-order valence-corrected chi connectivity index (χ1v) is 10.5. The quantitative estimate of drug-likeness (QED) is 0.272. The van der Waals surface area contributed by atoms with Gasteiger partial charge in [-0.25, -0.2) is 18.4 Å². The van der Waals surface area contributed by atoms with E-state index in [9.17, 15) is 18.4 Å². The SMILES string of the molecule is C=CCOC(=O)/C=C(\C)[C@H](C)[C@@H](OC(=O)Nc1ccc(F)cc1F)c1ccc(OCCO)cc1. The molecule has 0 bridgehead atoms. The maximum atomic E-state index is 13.9. The molecular weight excluding hydrogens is 448 g/mol. The predicted octanol–water partition coefficient (Wildman–Crippen LogP) is 4.94. The Balaban J connectivity index is 2.26. The summed E-state index contributed by atoms with van der Waals surface area (Å²) >= 11 is 0. The molecule has 182 valence electrons. The fourth-order valence-corrected chi connectivity index (χ4v) is 2.96. The van der Waals surface area contributed by atoms with Crippen LogP contribution in [0.1, 0.15) is 25.5 Å². The average molecular weight is 475 g/mol. The number of amides is 1. The van der Waals surface area contributed by atoms with Crippen LogP contribution in [0.25, 0.3) is 0 Å². The Kier molecular flexibility index (Phi) is 10.2. The molecule has 2 aromatic carbocycles. The lowest BCUT2D eigenvalue weighted by molar-refractivity contribution is -0.136. The monoisotopic (exact) mass is 475 g/mol. The van der Waals surface area contributed by atoms with Gasteiger partial charge in [0.25, 0.3) is 0 Å². The van der Waals surface area contributed by atoms with Crippen molar-refractivity contribution in [2.75, 3.05) is 25.1 Å². The largest absolute Gasteiger partial charge is 0.491 e. The van der Waals surface area contributed by atoms with Gasteiger partial charge in [0.15, 0.2) is 0 Å². The Morgan fingerprint density at radius 3 is 2.50 bits per heavy atom. The molecule has 0 aromatic heterocycles. The van der Waals surface area contributed by atoms with E-state index >= 15 is 0 Å². The summed E-state index contributed by atoms with van der Waals surface area (Å²) in [6.45, 7) is 6.95. The molecule has 2 atom stereocenters. The van der Waals surface area contributed by atoms with Gasteiger partial charge < -0.3 is 19.3 Å². The molecule has 0 unspecified atom stereocenters. The van der Waals surface area contributed by atoms with Gasteiger partial charge >= 0.3 is 12.1 Å². The Morgan fingerprint density at radius 1 is 1.18 bits per heavy atom. The number of rotatable bonds is 11. The molecule has 0 spiro atoms. The van der Waals surface area contributed by atoms with Gasteiger partial charge in [0, 0.05) is 18.1 Å². The minimum Gasteiger partial charge on any atom is -0.491 e. The second-order valence-corrected chi connectivity index (χ2v) is 7.31. The summed E-state index contributed by atoms with van der Waals surface area (Å²) in [6, 6.07) is 9.35. The second kappa shape index (κ2) is 13.1. The zero-order valence-electron chi connectivity index (χ0n) is 18.9. The summed E-state index contributed by atoms with van der Waals surface area (Å²) in [5.74, 6) is -2.29. The highest BCUT2D eigenvalue weighted by Crippen LogP contribution is 2.33. The van der Waals surface area contributed by atoms with Gasteiger partial charge in [-0.1, -0.05) is 37.3 Å². The second-order valence-electron chi connectivity index (χ2n) is 7.31. The van der Waals surface area contributed by atoms with Crippen LogP contribution in [0, 0.1) is 17.6 Å². The minimum absolute atomic E-state index is 0.0534. The standard InChI is InChI=1S/C25H27F2NO6/c1-4-12-33-23(30)14-16(2)17(3)24(18-5-8-20(9-6-18)32-13-11-29)34-25(31)28-22-10-7-19(26)15-21(22)27/h4-10,14-15,17,24,29H,1,11-13H2,2-3H3,(H,28,31)/b16-14+/t17-,24+/m0/s1. The van der Waals surface area contributed by atoms with Gasteiger partial charge in [0.1, 0.15) is 36.7 Å². The van der Waals surface area contributed by atoms with Crippen molar-refractivity contribution < 1.29 is 37.7 Å². The highest BCUT2D eigenvalue weighted by molar-refractivity contribution is 5.85. The molecule has 34 heavy (non-hydrogen) atoms. The van der Waals surface area contributed by atoms with Crippen molar-refractivity contribution in [1.82, 2.24) is 0 Å². The Morgan fingerprint density at radius 2 is 1.88 bits per heavy atom. The number of hydrogen-bond acceptors (Lipinski definition) is 6. The molecule has 7 nitrogen and oxygen atoms in total. The highest BCUT2D eigenvalue weighted by atomic mass is 19.1. The summed E-state index contributed by atoms with van der Waals surface area (Å²) < 4.78 is 43.0. The molecule has 0 heterocycles. The summed E-state index contributed by atoms with van der Waals surface area (Å²) in [6.07, 6.45) is 0.889. The maximum absolute atomic E-state index is 13.9. The van der Waals surface area contributed by atoms with E-state index < -0.39 is 35.7 Å². The predicted molar refractivity (Wildman–Crippen MR) is 122 cm³/mol. The number of ether oxygens (including phenoxy) is 3. The molecule has 2 rings (SSSR count). The lowest BCUT2D eigenvalue weighted by Gasteiger charge is -2.25. The number of hydrogen-bond donors (Lipinski definition) is 2. The van der Waals surface area contributed by atoms with Crippen molar-refractivity contribution in [3.63, 3.8) is 0 Å². The minimum atomic E-state index is -0.968. The molecule has 0 aliphatic heterocycles. The van der Waals surface area contributed by atoms with Crippen molar-refractivity contribution in [1.29, 1.82) is 0 Å². The van der Waals surface area contributed by atoms with Crippen LogP contribution in [0.5, 0.6) is 5.75 Å². The maximum Gasteiger partial charge on any atom is 0.412 e. The van der Waals surface area contributed by atoms with E-state index in [0.29, 0.717) is 23.0 Å². The number of aliphatic hydroxyl groups excluding tert-OH is 1. The number of aliphatic hydroxyl groups is 1. The first kappa shape index (κ1) is 26.5. The molecule has 0 saturated heterocycles. The summed E-state index contributed by atoms with van der Waals surface area (Å²) in [5, 5.41) is 11.2. The fraction of sp³-hybridized carbons (Fsp3) is 0.280. The third-order valence-corrected chi connectivity index (χ3v) is 4.83. The molecule has 2 aromatic rings. The van der Waals surface area contributed by atoms with E-state index in [2.05, 4.69) is 11.9 Å².